The first-order chi connectivity index (χ1) is 5.79. The number of nitrogens with zero attached hydrogens (tertiary/aromatic N) is 2. The van der Waals surface area contributed by atoms with Crippen LogP contribution in [0.3, 0.4) is 0 Å². The van der Waals surface area contributed by atoms with Crippen molar-refractivity contribution in [3.05, 3.63) is 0 Å². The summed E-state index contributed by atoms with van der Waals surface area (Å²) in [5.41, 5.74) is 0. The third kappa shape index (κ3) is 3.73. The molecule has 0 aromatic heterocycles. The molecule has 0 fully saturated rings. The molecule has 2 heteroatoms. The van der Waals surface area contributed by atoms with E-state index in [4.69, 9.17) is 5.26 Å². The Morgan fingerprint density at radius 2 is 1.83 bits per heavy atom. The Balaban J connectivity index is 3.86. The molecular formula is C10H20N2. The summed E-state index contributed by atoms with van der Waals surface area (Å²) in [5.74, 6) is 0. The highest BCUT2D eigenvalue weighted by Gasteiger charge is 2.12. The maximum absolute atomic E-state index is 8.89. The lowest BCUT2D eigenvalue weighted by Gasteiger charge is -2.23. The van der Waals surface area contributed by atoms with Crippen LogP contribution in [0.4, 0.5) is 0 Å². The zero-order valence-electron chi connectivity index (χ0n) is 8.51. The maximum Gasteiger partial charge on any atom is 0.0977 e. The maximum atomic E-state index is 8.89. The van der Waals surface area contributed by atoms with Gasteiger partial charge in [0.05, 0.1) is 12.1 Å². The van der Waals surface area contributed by atoms with E-state index in [0.29, 0.717) is 0 Å². The molecular weight excluding hydrogens is 148 g/mol. The van der Waals surface area contributed by atoms with Crippen LogP contribution in [0.25, 0.3) is 0 Å². The Kier molecular flexibility index (Phi) is 6.79. The second-order valence-corrected chi connectivity index (χ2v) is 3.01. The van der Waals surface area contributed by atoms with Crippen LogP contribution in [-0.4, -0.2) is 24.0 Å². The van der Waals surface area contributed by atoms with Crippen LogP contribution in [0.5, 0.6) is 0 Å². The minimum Gasteiger partial charge on any atom is -0.289 e. The zero-order chi connectivity index (χ0) is 9.40. The molecule has 0 saturated carbocycles. The minimum absolute atomic E-state index is 0.139. The van der Waals surface area contributed by atoms with Crippen molar-refractivity contribution in [2.45, 2.75) is 46.1 Å². The fourth-order valence-electron chi connectivity index (χ4n) is 1.39. The molecule has 1 atom stereocenters. The highest BCUT2D eigenvalue weighted by atomic mass is 15.1. The second kappa shape index (κ2) is 7.12. The molecule has 0 amide bonds. The Hall–Kier alpha value is -0.550. The van der Waals surface area contributed by atoms with Gasteiger partial charge in [-0.25, -0.2) is 0 Å². The topological polar surface area (TPSA) is 27.0 Å². The van der Waals surface area contributed by atoms with Gasteiger partial charge in [-0.1, -0.05) is 33.6 Å². The van der Waals surface area contributed by atoms with E-state index >= 15 is 0 Å². The van der Waals surface area contributed by atoms with Gasteiger partial charge < -0.3 is 0 Å². The summed E-state index contributed by atoms with van der Waals surface area (Å²) in [7, 11) is 0. The van der Waals surface area contributed by atoms with Gasteiger partial charge in [-0.3, -0.25) is 4.90 Å². The van der Waals surface area contributed by atoms with Gasteiger partial charge in [-0.15, -0.1) is 0 Å². The molecule has 0 aliphatic carbocycles. The molecule has 0 radical (unpaired) electrons. The van der Waals surface area contributed by atoms with Gasteiger partial charge in [0.25, 0.3) is 0 Å². The predicted molar refractivity (Wildman–Crippen MR) is 51.8 cm³/mol. The summed E-state index contributed by atoms with van der Waals surface area (Å²) < 4.78 is 0. The molecule has 70 valence electrons. The Labute approximate surface area is 76.2 Å². The van der Waals surface area contributed by atoms with Crippen molar-refractivity contribution in [3.8, 4) is 6.07 Å². The predicted octanol–water partition coefficient (Wildman–Crippen LogP) is 2.41. The second-order valence-electron chi connectivity index (χ2n) is 3.01. The van der Waals surface area contributed by atoms with Crippen LogP contribution in [0, 0.1) is 11.3 Å². The van der Waals surface area contributed by atoms with Gasteiger partial charge >= 0.3 is 0 Å². The largest absolute Gasteiger partial charge is 0.289 e. The van der Waals surface area contributed by atoms with E-state index in [9.17, 15) is 0 Å². The van der Waals surface area contributed by atoms with E-state index in [1.165, 1.54) is 6.42 Å². The van der Waals surface area contributed by atoms with Crippen LogP contribution >= 0.6 is 0 Å². The highest BCUT2D eigenvalue weighted by molar-refractivity contribution is 4.90. The van der Waals surface area contributed by atoms with Gasteiger partial charge in [-0.05, 0) is 19.5 Å². The van der Waals surface area contributed by atoms with Gasteiger partial charge in [-0.2, -0.15) is 5.26 Å². The summed E-state index contributed by atoms with van der Waals surface area (Å²) in [5, 5.41) is 8.89. The molecule has 12 heavy (non-hydrogen) atoms. The molecule has 0 aliphatic rings. The third-order valence-corrected chi connectivity index (χ3v) is 2.23. The number of nitriles is 1. The van der Waals surface area contributed by atoms with Crippen molar-refractivity contribution in [2.24, 2.45) is 0 Å². The average Bonchev–Trinajstić information content (AvgIpc) is 2.12. The molecule has 0 rings (SSSR count). The normalized spacial score (nSPS) is 12.9. The molecule has 0 saturated heterocycles. The van der Waals surface area contributed by atoms with Crippen molar-refractivity contribution >= 4 is 0 Å². The van der Waals surface area contributed by atoms with Gasteiger partial charge in [0.2, 0.25) is 0 Å². The van der Waals surface area contributed by atoms with Crippen LogP contribution in [0.1, 0.15) is 40.0 Å². The number of rotatable bonds is 6. The van der Waals surface area contributed by atoms with Gasteiger partial charge in [0, 0.05) is 0 Å². The smallest absolute Gasteiger partial charge is 0.0977 e. The molecule has 0 aromatic rings. The third-order valence-electron chi connectivity index (χ3n) is 2.23. The summed E-state index contributed by atoms with van der Waals surface area (Å²) in [6.07, 6.45) is 3.36. The summed E-state index contributed by atoms with van der Waals surface area (Å²) in [6.45, 7) is 8.35. The van der Waals surface area contributed by atoms with Crippen molar-refractivity contribution < 1.29 is 0 Å². The van der Waals surface area contributed by atoms with Crippen molar-refractivity contribution in [3.63, 3.8) is 0 Å². The number of hydrogen-bond acceptors (Lipinski definition) is 2. The average molecular weight is 168 g/mol. The first kappa shape index (κ1) is 11.4. The van der Waals surface area contributed by atoms with Gasteiger partial charge in [0.15, 0.2) is 0 Å². The van der Waals surface area contributed by atoms with Crippen molar-refractivity contribution in [1.82, 2.24) is 4.90 Å². The molecule has 2 nitrogen and oxygen atoms in total. The highest BCUT2D eigenvalue weighted by Crippen LogP contribution is 2.07. The number of unbranched alkanes of at least 4 members (excludes halogenated alkanes) is 1. The summed E-state index contributed by atoms with van der Waals surface area (Å²) >= 11 is 0. The van der Waals surface area contributed by atoms with E-state index in [-0.39, 0.29) is 6.04 Å². The summed E-state index contributed by atoms with van der Waals surface area (Å²) in [6, 6.07) is 2.50. The van der Waals surface area contributed by atoms with Crippen LogP contribution in [0.15, 0.2) is 0 Å². The lowest BCUT2D eigenvalue weighted by atomic mass is 10.1. The zero-order valence-corrected chi connectivity index (χ0v) is 8.51. The van der Waals surface area contributed by atoms with E-state index in [1.54, 1.807) is 0 Å². The molecule has 0 heterocycles. The van der Waals surface area contributed by atoms with E-state index < -0.39 is 0 Å². The first-order valence-corrected chi connectivity index (χ1v) is 4.93. The Morgan fingerprint density at radius 3 is 2.17 bits per heavy atom. The van der Waals surface area contributed by atoms with E-state index in [2.05, 4.69) is 31.7 Å². The summed E-state index contributed by atoms with van der Waals surface area (Å²) in [4.78, 5) is 2.22. The van der Waals surface area contributed by atoms with E-state index in [0.717, 1.165) is 25.9 Å². The Morgan fingerprint density at radius 1 is 1.25 bits per heavy atom. The monoisotopic (exact) mass is 168 g/mol. The fourth-order valence-corrected chi connectivity index (χ4v) is 1.39. The Bertz CT molecular complexity index is 133. The standard InChI is InChI=1S/C10H20N2/c1-4-7-8-10(9-11)12(5-2)6-3/h10H,4-8H2,1-3H3. The molecule has 1 unspecified atom stereocenters. The number of hydrogen-bond donors (Lipinski definition) is 0. The van der Waals surface area contributed by atoms with Crippen molar-refractivity contribution in [2.75, 3.05) is 13.1 Å². The van der Waals surface area contributed by atoms with Crippen LogP contribution < -0.4 is 0 Å². The molecule has 0 bridgehead atoms. The first-order valence-electron chi connectivity index (χ1n) is 4.93. The lowest BCUT2D eigenvalue weighted by molar-refractivity contribution is 0.246. The SMILES string of the molecule is CCCCC(C#N)N(CC)CC. The molecule has 0 spiro atoms. The van der Waals surface area contributed by atoms with Crippen LogP contribution in [0.2, 0.25) is 0 Å². The lowest BCUT2D eigenvalue weighted by Crippen LogP contribution is -2.33. The quantitative estimate of drug-likeness (QED) is 0.609. The van der Waals surface area contributed by atoms with Gasteiger partial charge in [0.1, 0.15) is 0 Å². The van der Waals surface area contributed by atoms with Crippen LogP contribution in [-0.2, 0) is 0 Å². The minimum atomic E-state index is 0.139. The fraction of sp³-hybridized carbons (Fsp3) is 0.900. The van der Waals surface area contributed by atoms with E-state index in [1.807, 2.05) is 0 Å². The van der Waals surface area contributed by atoms with Crippen molar-refractivity contribution in [1.29, 1.82) is 5.26 Å². The molecule has 0 aromatic carbocycles. The molecule has 0 N–H and O–H groups in total. The molecule has 0 aliphatic heterocycles.